The van der Waals surface area contributed by atoms with E-state index in [4.69, 9.17) is 5.73 Å². The van der Waals surface area contributed by atoms with Crippen molar-refractivity contribution in [3.05, 3.63) is 21.9 Å². The Morgan fingerprint density at radius 3 is 2.92 bits per heavy atom. The maximum absolute atomic E-state index is 10.9. The van der Waals surface area contributed by atoms with Gasteiger partial charge in [0.1, 0.15) is 0 Å². The fraction of sp³-hybridized carbons (Fsp3) is 0.300. The second-order valence-corrected chi connectivity index (χ2v) is 3.64. The molecule has 1 rings (SSSR count). The highest BCUT2D eigenvalue weighted by Gasteiger charge is 2.01. The maximum atomic E-state index is 10.9. The molecule has 0 atom stereocenters. The van der Waals surface area contributed by atoms with E-state index in [2.05, 4.69) is 11.8 Å². The van der Waals surface area contributed by atoms with Crippen molar-refractivity contribution in [1.82, 2.24) is 0 Å². The smallest absolute Gasteiger partial charge is 0.169 e. The molecule has 68 valence electrons. The summed E-state index contributed by atoms with van der Waals surface area (Å²) in [5, 5.41) is 0. The number of ketones is 1. The number of hydrogen-bond donors (Lipinski definition) is 1. The van der Waals surface area contributed by atoms with Crippen molar-refractivity contribution in [2.45, 2.75) is 13.3 Å². The van der Waals surface area contributed by atoms with Crippen LogP contribution in [0.1, 0.15) is 27.9 Å². The van der Waals surface area contributed by atoms with E-state index in [-0.39, 0.29) is 5.78 Å². The van der Waals surface area contributed by atoms with Gasteiger partial charge < -0.3 is 5.73 Å². The van der Waals surface area contributed by atoms with Crippen LogP contribution in [0.4, 0.5) is 0 Å². The summed E-state index contributed by atoms with van der Waals surface area (Å²) in [5.74, 6) is 5.98. The number of carbonyl (C=O) groups is 1. The molecule has 0 amide bonds. The van der Waals surface area contributed by atoms with Gasteiger partial charge in [-0.3, -0.25) is 4.79 Å². The molecule has 13 heavy (non-hydrogen) atoms. The van der Waals surface area contributed by atoms with Gasteiger partial charge in [-0.25, -0.2) is 0 Å². The van der Waals surface area contributed by atoms with Crippen molar-refractivity contribution in [3.8, 4) is 11.8 Å². The summed E-state index contributed by atoms with van der Waals surface area (Å²) in [4.78, 5) is 12.6. The first-order chi connectivity index (χ1) is 6.24. The summed E-state index contributed by atoms with van der Waals surface area (Å²) in [6.45, 7) is 2.14. The quantitative estimate of drug-likeness (QED) is 0.573. The van der Waals surface area contributed by atoms with Gasteiger partial charge in [-0.1, -0.05) is 11.8 Å². The molecule has 1 aromatic rings. The summed E-state index contributed by atoms with van der Waals surface area (Å²) in [6.07, 6.45) is 0.702. The lowest BCUT2D eigenvalue weighted by Crippen LogP contribution is -1.95. The van der Waals surface area contributed by atoms with E-state index < -0.39 is 0 Å². The van der Waals surface area contributed by atoms with Crippen LogP contribution in [0.15, 0.2) is 12.1 Å². The summed E-state index contributed by atoms with van der Waals surface area (Å²) < 4.78 is 0. The van der Waals surface area contributed by atoms with E-state index in [9.17, 15) is 4.79 Å². The molecule has 0 aliphatic heterocycles. The van der Waals surface area contributed by atoms with E-state index >= 15 is 0 Å². The lowest BCUT2D eigenvalue weighted by atomic mass is 10.3. The van der Waals surface area contributed by atoms with Gasteiger partial charge in [0.25, 0.3) is 0 Å². The molecule has 0 unspecified atom stereocenters. The van der Waals surface area contributed by atoms with E-state index in [0.29, 0.717) is 13.0 Å². The summed E-state index contributed by atoms with van der Waals surface area (Å²) in [7, 11) is 0. The third kappa shape index (κ3) is 3.02. The van der Waals surface area contributed by atoms with Crippen LogP contribution in [0.2, 0.25) is 0 Å². The Morgan fingerprint density at radius 1 is 1.62 bits per heavy atom. The van der Waals surface area contributed by atoms with Gasteiger partial charge in [-0.05, 0) is 19.1 Å². The van der Waals surface area contributed by atoms with Crippen molar-refractivity contribution in [1.29, 1.82) is 0 Å². The number of Topliss-reactive ketones (excluding diaryl/α,β-unsaturated/α-hetero) is 1. The first-order valence-electron chi connectivity index (χ1n) is 4.03. The molecule has 0 fully saturated rings. The van der Waals surface area contributed by atoms with Crippen LogP contribution in [0.3, 0.4) is 0 Å². The minimum Gasteiger partial charge on any atom is -0.330 e. The van der Waals surface area contributed by atoms with Crippen molar-refractivity contribution >= 4 is 17.1 Å². The highest BCUT2D eigenvalue weighted by molar-refractivity contribution is 7.14. The lowest BCUT2D eigenvalue weighted by molar-refractivity contribution is 0.102. The van der Waals surface area contributed by atoms with Gasteiger partial charge >= 0.3 is 0 Å². The molecular weight excluding hydrogens is 182 g/mol. The Hall–Kier alpha value is -1.11. The molecule has 0 saturated heterocycles. The van der Waals surface area contributed by atoms with E-state index in [0.717, 1.165) is 9.75 Å². The Bertz CT molecular complexity index is 356. The monoisotopic (exact) mass is 193 g/mol. The summed E-state index contributed by atoms with van der Waals surface area (Å²) in [5.41, 5.74) is 5.29. The second-order valence-electron chi connectivity index (χ2n) is 2.56. The lowest BCUT2D eigenvalue weighted by Gasteiger charge is -1.82. The minimum absolute atomic E-state index is 0.0943. The number of nitrogens with two attached hydrogens (primary N) is 1. The molecule has 3 heteroatoms. The zero-order valence-corrected chi connectivity index (χ0v) is 8.28. The number of thiophene rings is 1. The first-order valence-corrected chi connectivity index (χ1v) is 4.85. The Balaban J connectivity index is 2.71. The number of carbonyl (C=O) groups excluding carboxylic acids is 1. The topological polar surface area (TPSA) is 43.1 Å². The molecule has 0 radical (unpaired) electrons. The number of rotatable bonds is 2. The average molecular weight is 193 g/mol. The highest BCUT2D eigenvalue weighted by atomic mass is 32.1. The van der Waals surface area contributed by atoms with Crippen LogP contribution in [0.5, 0.6) is 0 Å². The molecule has 2 nitrogen and oxygen atoms in total. The zero-order valence-electron chi connectivity index (χ0n) is 7.46. The average Bonchev–Trinajstić information content (AvgIpc) is 2.53. The van der Waals surface area contributed by atoms with Crippen LogP contribution < -0.4 is 5.73 Å². The SMILES string of the molecule is CC(=O)c1ccc(C#CCCN)s1. The normalized spacial score (nSPS) is 9.08. The molecule has 0 spiro atoms. The van der Waals surface area contributed by atoms with Gasteiger partial charge in [-0.2, -0.15) is 0 Å². The fourth-order valence-corrected chi connectivity index (χ4v) is 1.59. The van der Waals surface area contributed by atoms with E-state index in [1.165, 1.54) is 11.3 Å². The van der Waals surface area contributed by atoms with Crippen LogP contribution in [-0.4, -0.2) is 12.3 Å². The van der Waals surface area contributed by atoms with Crippen LogP contribution in [-0.2, 0) is 0 Å². The van der Waals surface area contributed by atoms with E-state index in [1.807, 2.05) is 6.07 Å². The molecule has 2 N–H and O–H groups in total. The van der Waals surface area contributed by atoms with Gasteiger partial charge in [0.15, 0.2) is 5.78 Å². The van der Waals surface area contributed by atoms with Crippen molar-refractivity contribution in [3.63, 3.8) is 0 Å². The van der Waals surface area contributed by atoms with Crippen molar-refractivity contribution in [2.24, 2.45) is 5.73 Å². The first kappa shape index (κ1) is 9.97. The van der Waals surface area contributed by atoms with Crippen LogP contribution in [0, 0.1) is 11.8 Å². The largest absolute Gasteiger partial charge is 0.330 e. The third-order valence-corrected chi connectivity index (χ3v) is 2.54. The van der Waals surface area contributed by atoms with Gasteiger partial charge in [0.05, 0.1) is 9.75 Å². The van der Waals surface area contributed by atoms with Crippen LogP contribution >= 0.6 is 11.3 Å². The van der Waals surface area contributed by atoms with Crippen LogP contribution in [0.25, 0.3) is 0 Å². The molecule has 0 aromatic carbocycles. The highest BCUT2D eigenvalue weighted by Crippen LogP contribution is 2.15. The molecule has 0 saturated carbocycles. The van der Waals surface area contributed by atoms with Gasteiger partial charge in [0, 0.05) is 13.0 Å². The Morgan fingerprint density at radius 2 is 2.38 bits per heavy atom. The molecular formula is C10H11NOS. The second kappa shape index (κ2) is 4.80. The van der Waals surface area contributed by atoms with Crippen molar-refractivity contribution in [2.75, 3.05) is 6.54 Å². The molecule has 0 aliphatic rings. The van der Waals surface area contributed by atoms with Gasteiger partial charge in [-0.15, -0.1) is 11.3 Å². The maximum Gasteiger partial charge on any atom is 0.169 e. The van der Waals surface area contributed by atoms with Crippen molar-refractivity contribution < 1.29 is 4.79 Å². The Kier molecular flexibility index (Phi) is 3.69. The predicted molar refractivity (Wildman–Crippen MR) is 54.9 cm³/mol. The standard InChI is InChI=1S/C10H11NOS/c1-8(12)10-6-5-9(13-10)4-2-3-7-11/h5-6H,3,7,11H2,1H3. The fourth-order valence-electron chi connectivity index (χ4n) is 0.816. The summed E-state index contributed by atoms with van der Waals surface area (Å²) in [6, 6.07) is 3.67. The Labute approximate surface area is 81.8 Å². The van der Waals surface area contributed by atoms with E-state index in [1.54, 1.807) is 13.0 Å². The molecule has 1 aromatic heterocycles. The zero-order chi connectivity index (χ0) is 9.68. The molecule has 1 heterocycles. The minimum atomic E-state index is 0.0943. The predicted octanol–water partition coefficient (Wildman–Crippen LogP) is 1.65. The molecule has 0 bridgehead atoms. The molecule has 0 aliphatic carbocycles. The third-order valence-electron chi connectivity index (χ3n) is 1.43. The number of hydrogen-bond acceptors (Lipinski definition) is 3. The summed E-state index contributed by atoms with van der Waals surface area (Å²) >= 11 is 1.43. The van der Waals surface area contributed by atoms with Gasteiger partial charge in [0.2, 0.25) is 0 Å².